The Hall–Kier alpha value is -4.10. The number of halogens is 2. The lowest BCUT2D eigenvalue weighted by molar-refractivity contribution is -0.144. The van der Waals surface area contributed by atoms with Crippen molar-refractivity contribution >= 4 is 26.5 Å². The SMILES string of the molecule is CS(=O)(=O)c1ccc(-c2cn(-c3ccc4ccccc4c3)nc2C2CCC(F)(F)CC2(CC#N)C(N)=O)cc1. The number of nitrogens with zero attached hydrogens (tertiary/aromatic N) is 3. The van der Waals surface area contributed by atoms with Gasteiger partial charge < -0.3 is 5.73 Å². The second-order valence-corrected chi connectivity index (χ2v) is 12.2. The lowest BCUT2D eigenvalue weighted by Gasteiger charge is -2.43. The number of nitrogens with two attached hydrogens (primary N) is 1. The molecule has 200 valence electrons. The van der Waals surface area contributed by atoms with Crippen molar-refractivity contribution in [1.29, 1.82) is 5.26 Å². The van der Waals surface area contributed by atoms with E-state index in [0.29, 0.717) is 22.5 Å². The molecule has 2 atom stereocenters. The third-order valence-electron chi connectivity index (χ3n) is 7.59. The van der Waals surface area contributed by atoms with Crippen LogP contribution < -0.4 is 5.73 Å². The van der Waals surface area contributed by atoms with Crippen LogP contribution in [0.3, 0.4) is 0 Å². The van der Waals surface area contributed by atoms with Crippen LogP contribution >= 0.6 is 0 Å². The molecule has 1 heterocycles. The number of carbonyl (C=O) groups is 1. The molecule has 0 radical (unpaired) electrons. The number of aromatic nitrogens is 2. The van der Waals surface area contributed by atoms with Gasteiger partial charge in [-0.15, -0.1) is 0 Å². The zero-order valence-electron chi connectivity index (χ0n) is 21.1. The number of hydrogen-bond acceptors (Lipinski definition) is 5. The van der Waals surface area contributed by atoms with Crippen molar-refractivity contribution in [2.45, 2.75) is 42.4 Å². The van der Waals surface area contributed by atoms with E-state index in [-0.39, 0.29) is 11.3 Å². The van der Waals surface area contributed by atoms with Gasteiger partial charge in [-0.2, -0.15) is 10.4 Å². The fourth-order valence-corrected chi connectivity index (χ4v) is 6.21. The molecular weight excluding hydrogens is 522 g/mol. The van der Waals surface area contributed by atoms with Crippen molar-refractivity contribution < 1.29 is 22.0 Å². The Kier molecular flexibility index (Phi) is 6.51. The summed E-state index contributed by atoms with van der Waals surface area (Å²) in [4.78, 5) is 12.9. The highest BCUT2D eigenvalue weighted by molar-refractivity contribution is 7.90. The lowest BCUT2D eigenvalue weighted by atomic mass is 9.61. The van der Waals surface area contributed by atoms with Crippen LogP contribution in [0.15, 0.2) is 77.8 Å². The molecule has 7 nitrogen and oxygen atoms in total. The first kappa shape index (κ1) is 26.5. The maximum Gasteiger partial charge on any atom is 0.249 e. The van der Waals surface area contributed by atoms with Gasteiger partial charge in [0, 0.05) is 36.8 Å². The molecule has 0 spiro atoms. The minimum Gasteiger partial charge on any atom is -0.369 e. The Labute approximate surface area is 224 Å². The number of benzene rings is 3. The molecule has 1 aromatic heterocycles. The summed E-state index contributed by atoms with van der Waals surface area (Å²) in [6, 6.07) is 21.6. The largest absolute Gasteiger partial charge is 0.369 e. The maximum absolute atomic E-state index is 14.7. The van der Waals surface area contributed by atoms with Crippen molar-refractivity contribution in [3.8, 4) is 22.9 Å². The number of fused-ring (bicyclic) bond motifs is 1. The van der Waals surface area contributed by atoms with Crippen molar-refractivity contribution in [1.82, 2.24) is 9.78 Å². The number of amides is 1. The van der Waals surface area contributed by atoms with Gasteiger partial charge >= 0.3 is 0 Å². The van der Waals surface area contributed by atoms with E-state index in [0.717, 1.165) is 17.0 Å². The minimum absolute atomic E-state index is 0.0965. The van der Waals surface area contributed by atoms with E-state index in [1.807, 2.05) is 48.5 Å². The van der Waals surface area contributed by atoms with Gasteiger partial charge in [-0.1, -0.05) is 42.5 Å². The van der Waals surface area contributed by atoms with Crippen LogP contribution in [-0.4, -0.2) is 36.3 Å². The number of nitriles is 1. The molecule has 1 aliphatic carbocycles. The van der Waals surface area contributed by atoms with Crippen molar-refractivity contribution in [3.05, 3.63) is 78.6 Å². The average molecular weight is 549 g/mol. The highest BCUT2D eigenvalue weighted by atomic mass is 32.2. The molecule has 5 rings (SSSR count). The van der Waals surface area contributed by atoms with Gasteiger partial charge in [0.05, 0.1) is 34.2 Å². The van der Waals surface area contributed by atoms with E-state index in [1.54, 1.807) is 23.0 Å². The standard InChI is InChI=1S/C29H26F2N4O3S/c1-39(37,38)23-10-7-20(8-11-23)24-17-35(22-9-6-19-4-2-3-5-21(19)16-22)34-26(24)25-12-13-29(30,31)18-28(25,14-15-32)27(33)36/h2-11,16-17,25H,12-14,18H2,1H3,(H2,33,36). The fourth-order valence-electron chi connectivity index (χ4n) is 5.58. The van der Waals surface area contributed by atoms with Gasteiger partial charge in [0.15, 0.2) is 9.84 Å². The van der Waals surface area contributed by atoms with Gasteiger partial charge in [0.2, 0.25) is 11.8 Å². The number of rotatable bonds is 6. The summed E-state index contributed by atoms with van der Waals surface area (Å²) >= 11 is 0. The first-order chi connectivity index (χ1) is 18.4. The summed E-state index contributed by atoms with van der Waals surface area (Å²) in [5.41, 5.74) is 6.14. The van der Waals surface area contributed by atoms with E-state index in [2.05, 4.69) is 0 Å². The second kappa shape index (κ2) is 9.58. The van der Waals surface area contributed by atoms with Crippen LogP contribution in [0.5, 0.6) is 0 Å². The Bertz CT molecular complexity index is 1730. The van der Waals surface area contributed by atoms with Gasteiger partial charge in [0.25, 0.3) is 0 Å². The van der Waals surface area contributed by atoms with Crippen LogP contribution in [0.4, 0.5) is 8.78 Å². The summed E-state index contributed by atoms with van der Waals surface area (Å²) in [6.45, 7) is 0. The molecular formula is C29H26F2N4O3S. The molecule has 3 aromatic carbocycles. The summed E-state index contributed by atoms with van der Waals surface area (Å²) in [6.07, 6.45) is 0.950. The summed E-state index contributed by atoms with van der Waals surface area (Å²) in [5, 5.41) is 16.4. The van der Waals surface area contributed by atoms with Crippen LogP contribution in [0.1, 0.15) is 37.3 Å². The molecule has 1 amide bonds. The maximum atomic E-state index is 14.7. The molecule has 2 N–H and O–H groups in total. The smallest absolute Gasteiger partial charge is 0.249 e. The Balaban J connectivity index is 1.72. The van der Waals surface area contributed by atoms with Crippen molar-refractivity contribution in [3.63, 3.8) is 0 Å². The minimum atomic E-state index is -3.44. The number of carbonyl (C=O) groups excluding carboxylic acids is 1. The van der Waals surface area contributed by atoms with Crippen LogP contribution in [-0.2, 0) is 14.6 Å². The van der Waals surface area contributed by atoms with Gasteiger partial charge in [-0.3, -0.25) is 4.79 Å². The topological polar surface area (TPSA) is 119 Å². The van der Waals surface area contributed by atoms with E-state index in [1.165, 1.54) is 12.1 Å². The highest BCUT2D eigenvalue weighted by Crippen LogP contribution is 2.55. The third kappa shape index (κ3) is 4.90. The lowest BCUT2D eigenvalue weighted by Crippen LogP contribution is -2.49. The van der Waals surface area contributed by atoms with Crippen LogP contribution in [0.25, 0.3) is 27.6 Å². The second-order valence-electron chi connectivity index (χ2n) is 10.2. The summed E-state index contributed by atoms with van der Waals surface area (Å²) < 4.78 is 55.0. The molecule has 1 saturated carbocycles. The van der Waals surface area contributed by atoms with Crippen LogP contribution in [0.2, 0.25) is 0 Å². The number of hydrogen-bond donors (Lipinski definition) is 1. The van der Waals surface area contributed by atoms with E-state index in [4.69, 9.17) is 10.8 Å². The molecule has 2 unspecified atom stereocenters. The molecule has 1 fully saturated rings. The first-order valence-corrected chi connectivity index (χ1v) is 14.3. The summed E-state index contributed by atoms with van der Waals surface area (Å²) in [7, 11) is -3.44. The van der Waals surface area contributed by atoms with E-state index >= 15 is 0 Å². The predicted molar refractivity (Wildman–Crippen MR) is 143 cm³/mol. The average Bonchev–Trinajstić information content (AvgIpc) is 3.32. The monoisotopic (exact) mass is 548 g/mol. The molecule has 0 aliphatic heterocycles. The van der Waals surface area contributed by atoms with Crippen molar-refractivity contribution in [2.24, 2.45) is 11.1 Å². The normalized spacial score (nSPS) is 20.9. The number of sulfone groups is 1. The molecule has 0 bridgehead atoms. The Morgan fingerprint density at radius 3 is 2.46 bits per heavy atom. The number of primary amides is 1. The van der Waals surface area contributed by atoms with Crippen molar-refractivity contribution in [2.75, 3.05) is 6.26 Å². The van der Waals surface area contributed by atoms with Gasteiger partial charge in [0.1, 0.15) is 0 Å². The van der Waals surface area contributed by atoms with Gasteiger partial charge in [-0.05, 0) is 47.0 Å². The van der Waals surface area contributed by atoms with Crippen LogP contribution in [0, 0.1) is 16.7 Å². The molecule has 0 saturated heterocycles. The Morgan fingerprint density at radius 2 is 1.82 bits per heavy atom. The van der Waals surface area contributed by atoms with Gasteiger partial charge in [-0.25, -0.2) is 21.9 Å². The highest BCUT2D eigenvalue weighted by Gasteiger charge is 2.56. The third-order valence-corrected chi connectivity index (χ3v) is 8.72. The first-order valence-electron chi connectivity index (χ1n) is 12.4. The molecule has 4 aromatic rings. The number of alkyl halides is 2. The Morgan fingerprint density at radius 1 is 1.13 bits per heavy atom. The van der Waals surface area contributed by atoms with E-state index in [9.17, 15) is 27.3 Å². The van der Waals surface area contributed by atoms with E-state index < -0.39 is 52.3 Å². The fraction of sp³-hybridized carbons (Fsp3) is 0.276. The summed E-state index contributed by atoms with van der Waals surface area (Å²) in [5.74, 6) is -4.96. The zero-order chi connectivity index (χ0) is 28.0. The molecule has 10 heteroatoms. The quantitative estimate of drug-likeness (QED) is 0.347. The predicted octanol–water partition coefficient (Wildman–Crippen LogP) is 5.38. The zero-order valence-corrected chi connectivity index (χ0v) is 22.0. The molecule has 39 heavy (non-hydrogen) atoms. The molecule has 1 aliphatic rings.